The molecule has 80 valence electrons. The summed E-state index contributed by atoms with van der Waals surface area (Å²) in [6.45, 7) is 9.83. The monoisotopic (exact) mass is 194 g/mol. The third-order valence-corrected chi connectivity index (χ3v) is 2.74. The second-order valence-corrected chi connectivity index (χ2v) is 4.30. The maximum absolute atomic E-state index is 6.08. The van der Waals surface area contributed by atoms with Crippen molar-refractivity contribution in [1.82, 2.24) is 4.90 Å². The number of rotatable bonds is 3. The molecule has 0 aromatic carbocycles. The minimum Gasteiger partial charge on any atom is -0.400 e. The lowest BCUT2D eigenvalue weighted by Gasteiger charge is -2.25. The highest BCUT2D eigenvalue weighted by Gasteiger charge is 2.26. The Hall–Kier alpha value is -0.920. The first kappa shape index (κ1) is 11.2. The van der Waals surface area contributed by atoms with Gasteiger partial charge in [0.25, 0.3) is 0 Å². The molecule has 1 heterocycles. The van der Waals surface area contributed by atoms with Crippen LogP contribution in [0, 0.1) is 5.92 Å². The second-order valence-electron chi connectivity index (χ2n) is 4.30. The third kappa shape index (κ3) is 2.11. The van der Waals surface area contributed by atoms with Gasteiger partial charge in [-0.25, -0.2) is 0 Å². The van der Waals surface area contributed by atoms with E-state index in [0.29, 0.717) is 12.0 Å². The lowest BCUT2D eigenvalue weighted by Crippen LogP contribution is -2.28. The highest BCUT2D eigenvalue weighted by atomic mass is 15.2. The molecule has 0 bridgehead atoms. The molecule has 0 unspecified atom stereocenters. The first-order chi connectivity index (χ1) is 6.57. The maximum Gasteiger partial charge on any atom is 0.0559 e. The van der Waals surface area contributed by atoms with E-state index in [-0.39, 0.29) is 0 Å². The molecule has 0 radical (unpaired) electrons. The van der Waals surface area contributed by atoms with Crippen LogP contribution >= 0.6 is 0 Å². The average Bonchev–Trinajstić information content (AvgIpc) is 2.41. The van der Waals surface area contributed by atoms with Crippen molar-refractivity contribution in [2.24, 2.45) is 11.7 Å². The Balaban J connectivity index is 2.87. The Kier molecular flexibility index (Phi) is 3.62. The van der Waals surface area contributed by atoms with Crippen molar-refractivity contribution in [1.29, 1.82) is 0 Å². The zero-order valence-electron chi connectivity index (χ0n) is 9.75. The van der Waals surface area contributed by atoms with E-state index in [1.54, 1.807) is 0 Å². The van der Waals surface area contributed by atoms with Crippen LogP contribution in [0.1, 0.15) is 34.1 Å². The van der Waals surface area contributed by atoms with E-state index in [2.05, 4.69) is 44.7 Å². The summed E-state index contributed by atoms with van der Waals surface area (Å²) < 4.78 is 0. The van der Waals surface area contributed by atoms with E-state index >= 15 is 0 Å². The summed E-state index contributed by atoms with van der Waals surface area (Å²) in [5, 5.41) is 0. The largest absolute Gasteiger partial charge is 0.400 e. The summed E-state index contributed by atoms with van der Waals surface area (Å²) in [5.74, 6) is 0.494. The highest BCUT2D eigenvalue weighted by molar-refractivity contribution is 5.29. The van der Waals surface area contributed by atoms with Gasteiger partial charge < -0.3 is 10.6 Å². The van der Waals surface area contributed by atoms with Gasteiger partial charge >= 0.3 is 0 Å². The van der Waals surface area contributed by atoms with E-state index in [9.17, 15) is 0 Å². The van der Waals surface area contributed by atoms with Gasteiger partial charge in [0.2, 0.25) is 0 Å². The van der Waals surface area contributed by atoms with Crippen molar-refractivity contribution >= 4 is 0 Å². The normalized spacial score (nSPS) is 23.2. The number of nitrogens with zero attached hydrogens (tertiary/aromatic N) is 1. The van der Waals surface area contributed by atoms with Gasteiger partial charge in [-0.1, -0.05) is 19.9 Å². The van der Waals surface area contributed by atoms with Crippen LogP contribution in [0.5, 0.6) is 0 Å². The molecule has 0 fully saturated rings. The number of hydrogen-bond acceptors (Lipinski definition) is 2. The third-order valence-electron chi connectivity index (χ3n) is 2.74. The summed E-state index contributed by atoms with van der Waals surface area (Å²) in [7, 11) is 0. The summed E-state index contributed by atoms with van der Waals surface area (Å²) in [5.41, 5.74) is 8.35. The van der Waals surface area contributed by atoms with Crippen LogP contribution in [0.25, 0.3) is 0 Å². The molecule has 0 spiro atoms. The lowest BCUT2D eigenvalue weighted by molar-refractivity contribution is 0.298. The van der Waals surface area contributed by atoms with E-state index in [1.165, 1.54) is 5.70 Å². The molecule has 0 amide bonds. The van der Waals surface area contributed by atoms with Gasteiger partial charge in [0.05, 0.1) is 5.70 Å². The summed E-state index contributed by atoms with van der Waals surface area (Å²) in [6, 6.07) is 0.537. The van der Waals surface area contributed by atoms with Crippen LogP contribution < -0.4 is 5.73 Å². The highest BCUT2D eigenvalue weighted by Crippen LogP contribution is 2.27. The van der Waals surface area contributed by atoms with Crippen LogP contribution in [0.4, 0.5) is 0 Å². The molecule has 1 atom stereocenters. The van der Waals surface area contributed by atoms with Crippen molar-refractivity contribution in [2.45, 2.75) is 40.2 Å². The molecule has 2 heteroatoms. The van der Waals surface area contributed by atoms with Crippen molar-refractivity contribution in [2.75, 3.05) is 6.54 Å². The zero-order chi connectivity index (χ0) is 10.7. The van der Waals surface area contributed by atoms with Crippen molar-refractivity contribution < 1.29 is 0 Å². The molecular weight excluding hydrogens is 172 g/mol. The van der Waals surface area contributed by atoms with Crippen molar-refractivity contribution in [3.63, 3.8) is 0 Å². The molecule has 0 aromatic rings. The van der Waals surface area contributed by atoms with Gasteiger partial charge in [0.1, 0.15) is 0 Å². The minimum atomic E-state index is 0.494. The predicted octanol–water partition coefficient (Wildman–Crippen LogP) is 2.48. The Morgan fingerprint density at radius 3 is 2.71 bits per heavy atom. The molecule has 1 rings (SSSR count). The molecule has 1 aliphatic heterocycles. The summed E-state index contributed by atoms with van der Waals surface area (Å²) in [6.07, 6.45) is 5.41. The number of hydrogen-bond donors (Lipinski definition) is 1. The smallest absolute Gasteiger partial charge is 0.0559 e. The zero-order valence-corrected chi connectivity index (χ0v) is 9.75. The Labute approximate surface area is 87.5 Å². The van der Waals surface area contributed by atoms with E-state index in [0.717, 1.165) is 18.7 Å². The van der Waals surface area contributed by atoms with Crippen LogP contribution in [-0.2, 0) is 0 Å². The molecule has 2 nitrogen and oxygen atoms in total. The molecule has 0 saturated carbocycles. The fourth-order valence-corrected chi connectivity index (χ4v) is 1.82. The fraction of sp³-hybridized carbons (Fsp3) is 0.667. The van der Waals surface area contributed by atoms with Crippen molar-refractivity contribution in [3.05, 3.63) is 23.5 Å². The number of allylic oxidation sites excluding steroid dienone is 2. The quantitative estimate of drug-likeness (QED) is 0.748. The molecule has 2 N–H and O–H groups in total. The molecule has 1 aliphatic rings. The van der Waals surface area contributed by atoms with Crippen LogP contribution in [0.15, 0.2) is 23.5 Å². The van der Waals surface area contributed by atoms with E-state index in [1.807, 2.05) is 0 Å². The molecular formula is C12H22N2. The Bertz CT molecular complexity index is 251. The molecule has 0 saturated heterocycles. The van der Waals surface area contributed by atoms with Crippen LogP contribution in [-0.4, -0.2) is 17.5 Å². The molecule has 14 heavy (non-hydrogen) atoms. The van der Waals surface area contributed by atoms with E-state index < -0.39 is 0 Å². The van der Waals surface area contributed by atoms with Gasteiger partial charge in [-0.05, 0) is 26.3 Å². The maximum atomic E-state index is 6.08. The number of nitrogens with two attached hydrogens (primary N) is 1. The molecule has 0 aliphatic carbocycles. The van der Waals surface area contributed by atoms with Crippen LogP contribution in [0.2, 0.25) is 0 Å². The summed E-state index contributed by atoms with van der Waals surface area (Å²) >= 11 is 0. The molecule has 0 aromatic heterocycles. The fourth-order valence-electron chi connectivity index (χ4n) is 1.82. The van der Waals surface area contributed by atoms with Crippen molar-refractivity contribution in [3.8, 4) is 0 Å². The summed E-state index contributed by atoms with van der Waals surface area (Å²) in [4.78, 5) is 2.38. The topological polar surface area (TPSA) is 29.3 Å². The average molecular weight is 194 g/mol. The van der Waals surface area contributed by atoms with Gasteiger partial charge in [-0.2, -0.15) is 0 Å². The Morgan fingerprint density at radius 1 is 1.57 bits per heavy atom. The minimum absolute atomic E-state index is 0.494. The predicted molar refractivity (Wildman–Crippen MR) is 61.7 cm³/mol. The van der Waals surface area contributed by atoms with Gasteiger partial charge in [0.15, 0.2) is 0 Å². The standard InChI is InChI=1S/C12H22N2/c1-5-6-7-11-12(13)10(4)8-14(11)9(2)3/h6-7,9-10H,5,8,13H2,1-4H3/b7-6-/t10-/m1/s1. The first-order valence-electron chi connectivity index (χ1n) is 5.50. The second kappa shape index (κ2) is 4.54. The van der Waals surface area contributed by atoms with Gasteiger partial charge in [-0.15, -0.1) is 0 Å². The van der Waals surface area contributed by atoms with Gasteiger partial charge in [0, 0.05) is 24.2 Å². The van der Waals surface area contributed by atoms with Crippen LogP contribution in [0.3, 0.4) is 0 Å². The Morgan fingerprint density at radius 2 is 2.21 bits per heavy atom. The van der Waals surface area contributed by atoms with E-state index in [4.69, 9.17) is 5.73 Å². The SMILES string of the molecule is CC/C=C\C1=C(N)[C@H](C)CN1C(C)C. The van der Waals surface area contributed by atoms with Gasteiger partial charge in [-0.3, -0.25) is 0 Å². The lowest BCUT2D eigenvalue weighted by atomic mass is 10.1. The first-order valence-corrected chi connectivity index (χ1v) is 5.50.